The second-order valence-electron chi connectivity index (χ2n) is 6.36. The van der Waals surface area contributed by atoms with Crippen LogP contribution in [0.1, 0.15) is 12.0 Å². The molecule has 0 heterocycles. The van der Waals surface area contributed by atoms with Crippen molar-refractivity contribution in [3.63, 3.8) is 0 Å². The molecule has 0 aliphatic carbocycles. The molecule has 1 rings (SSSR count). The van der Waals surface area contributed by atoms with E-state index in [2.05, 4.69) is 0 Å². The molecule has 0 unspecified atom stereocenters. The Bertz CT molecular complexity index is 513. The second kappa shape index (κ2) is 21.6. The van der Waals surface area contributed by atoms with Crippen molar-refractivity contribution in [2.24, 2.45) is 0 Å². The van der Waals surface area contributed by atoms with Crippen molar-refractivity contribution in [1.82, 2.24) is 0 Å². The molecule has 0 atom stereocenters. The molecule has 1 aromatic carbocycles. The lowest BCUT2D eigenvalue weighted by Crippen LogP contribution is -2.14. The van der Waals surface area contributed by atoms with Gasteiger partial charge in [-0.3, -0.25) is 4.79 Å². The summed E-state index contributed by atoms with van der Waals surface area (Å²) in [6.45, 7) is 6.70. The smallest absolute Gasteiger partial charge is 0.305 e. The van der Waals surface area contributed by atoms with Crippen LogP contribution in [-0.2, 0) is 44.6 Å². The summed E-state index contributed by atoms with van der Waals surface area (Å²) in [4.78, 5) is 10.3. The number of hydrogen-bond acceptors (Lipinski definition) is 8. The second-order valence-corrected chi connectivity index (χ2v) is 6.36. The monoisotopic (exact) mass is 444 g/mol. The first-order valence-electron chi connectivity index (χ1n) is 10.6. The fourth-order valence-electron chi connectivity index (χ4n) is 2.24. The van der Waals surface area contributed by atoms with E-state index in [1.165, 1.54) is 0 Å². The third-order valence-electron chi connectivity index (χ3n) is 3.80. The largest absolute Gasteiger partial charge is 0.481 e. The van der Waals surface area contributed by atoms with Crippen molar-refractivity contribution in [2.45, 2.75) is 13.0 Å². The molecule has 31 heavy (non-hydrogen) atoms. The molecule has 0 amide bonds. The fraction of sp³-hybridized carbons (Fsp3) is 0.682. The van der Waals surface area contributed by atoms with Gasteiger partial charge in [0.05, 0.1) is 98.9 Å². The van der Waals surface area contributed by atoms with Crippen molar-refractivity contribution in [3.05, 3.63) is 35.9 Å². The zero-order valence-electron chi connectivity index (χ0n) is 18.2. The maximum absolute atomic E-state index is 10.3. The van der Waals surface area contributed by atoms with Gasteiger partial charge in [0.15, 0.2) is 0 Å². The fourth-order valence-corrected chi connectivity index (χ4v) is 2.24. The van der Waals surface area contributed by atoms with E-state index in [-0.39, 0.29) is 13.0 Å². The lowest BCUT2D eigenvalue weighted by Gasteiger charge is -2.08. The van der Waals surface area contributed by atoms with Crippen molar-refractivity contribution in [2.75, 3.05) is 85.9 Å². The topological polar surface area (TPSA) is 102 Å². The van der Waals surface area contributed by atoms with Gasteiger partial charge in [0.1, 0.15) is 0 Å². The molecule has 0 spiro atoms. The Kier molecular flexibility index (Phi) is 19.2. The van der Waals surface area contributed by atoms with Gasteiger partial charge in [-0.25, -0.2) is 0 Å². The van der Waals surface area contributed by atoms with Gasteiger partial charge in [-0.15, -0.1) is 0 Å². The summed E-state index contributed by atoms with van der Waals surface area (Å²) in [6, 6.07) is 10.0. The number of aliphatic carboxylic acids is 1. The zero-order valence-corrected chi connectivity index (χ0v) is 18.2. The van der Waals surface area contributed by atoms with Crippen LogP contribution in [0.2, 0.25) is 0 Å². The van der Waals surface area contributed by atoms with E-state index < -0.39 is 5.97 Å². The average molecular weight is 445 g/mol. The van der Waals surface area contributed by atoms with Gasteiger partial charge in [-0.1, -0.05) is 30.3 Å². The molecule has 9 heteroatoms. The van der Waals surface area contributed by atoms with Gasteiger partial charge < -0.3 is 38.3 Å². The third-order valence-corrected chi connectivity index (χ3v) is 3.80. The first-order valence-corrected chi connectivity index (χ1v) is 10.6. The van der Waals surface area contributed by atoms with Crippen LogP contribution in [0.15, 0.2) is 30.3 Å². The van der Waals surface area contributed by atoms with E-state index in [9.17, 15) is 4.79 Å². The maximum atomic E-state index is 10.3. The molecule has 0 aromatic heterocycles. The minimum Gasteiger partial charge on any atom is -0.481 e. The summed E-state index contributed by atoms with van der Waals surface area (Å²) in [6.07, 6.45) is 0.00688. The van der Waals surface area contributed by atoms with E-state index in [0.717, 1.165) is 5.56 Å². The van der Waals surface area contributed by atoms with Crippen LogP contribution in [0.5, 0.6) is 0 Å². The number of ether oxygens (including phenoxy) is 7. The van der Waals surface area contributed by atoms with Crippen LogP contribution in [0.25, 0.3) is 0 Å². The van der Waals surface area contributed by atoms with E-state index in [4.69, 9.17) is 38.3 Å². The number of hydrogen-bond donors (Lipinski definition) is 1. The van der Waals surface area contributed by atoms with E-state index >= 15 is 0 Å². The molecule has 0 aliphatic heterocycles. The minimum atomic E-state index is -0.867. The Morgan fingerprint density at radius 2 is 0.903 bits per heavy atom. The predicted molar refractivity (Wildman–Crippen MR) is 113 cm³/mol. The standard InChI is InChI=1S/C22H36O9/c23-22(24)6-7-25-8-9-26-10-11-27-12-13-28-14-15-29-16-17-30-18-19-31-20-21-4-2-1-3-5-21/h1-5H,6-20H2,(H,23,24). The zero-order chi connectivity index (χ0) is 22.2. The summed E-state index contributed by atoms with van der Waals surface area (Å²) in [5.74, 6) is -0.867. The van der Waals surface area contributed by atoms with Crippen molar-refractivity contribution >= 4 is 5.97 Å². The molecule has 1 aromatic rings. The third kappa shape index (κ3) is 20.1. The van der Waals surface area contributed by atoms with Crippen molar-refractivity contribution in [1.29, 1.82) is 0 Å². The number of carboxylic acid groups (broad SMARTS) is 1. The molecular weight excluding hydrogens is 408 g/mol. The van der Waals surface area contributed by atoms with E-state index in [0.29, 0.717) is 85.9 Å². The Labute approximate surface area is 184 Å². The first-order chi connectivity index (χ1) is 15.3. The lowest BCUT2D eigenvalue weighted by atomic mass is 10.2. The van der Waals surface area contributed by atoms with E-state index in [1.54, 1.807) is 0 Å². The quantitative estimate of drug-likeness (QED) is 0.253. The summed E-state index contributed by atoms with van der Waals surface area (Å²) in [5.41, 5.74) is 1.15. The van der Waals surface area contributed by atoms with Gasteiger partial charge in [-0.05, 0) is 5.56 Å². The molecule has 9 nitrogen and oxygen atoms in total. The summed E-state index contributed by atoms with van der Waals surface area (Å²) >= 11 is 0. The highest BCUT2D eigenvalue weighted by atomic mass is 16.6. The number of carboxylic acids is 1. The van der Waals surface area contributed by atoms with Crippen LogP contribution in [-0.4, -0.2) is 97.0 Å². The molecule has 178 valence electrons. The highest BCUT2D eigenvalue weighted by molar-refractivity contribution is 5.66. The lowest BCUT2D eigenvalue weighted by molar-refractivity contribution is -0.138. The van der Waals surface area contributed by atoms with E-state index in [1.807, 2.05) is 30.3 Å². The number of rotatable bonds is 23. The Hall–Kier alpha value is -1.59. The normalized spacial score (nSPS) is 11.1. The first kappa shape index (κ1) is 27.4. The molecule has 0 fully saturated rings. The molecular formula is C22H36O9. The Balaban J connectivity index is 1.66. The van der Waals surface area contributed by atoms with Crippen LogP contribution in [0.3, 0.4) is 0 Å². The number of benzene rings is 1. The highest BCUT2D eigenvalue weighted by Gasteiger charge is 1.97. The molecule has 0 saturated carbocycles. The SMILES string of the molecule is O=C(O)CCOCCOCCOCCOCCOCCOCCOCc1ccccc1. The predicted octanol–water partition coefficient (Wildman–Crippen LogP) is 1.78. The van der Waals surface area contributed by atoms with Gasteiger partial charge in [-0.2, -0.15) is 0 Å². The molecule has 0 aliphatic rings. The Morgan fingerprint density at radius 1 is 0.548 bits per heavy atom. The van der Waals surface area contributed by atoms with Crippen molar-refractivity contribution in [3.8, 4) is 0 Å². The van der Waals surface area contributed by atoms with Crippen LogP contribution in [0.4, 0.5) is 0 Å². The van der Waals surface area contributed by atoms with Gasteiger partial charge in [0.2, 0.25) is 0 Å². The van der Waals surface area contributed by atoms with Crippen LogP contribution >= 0.6 is 0 Å². The van der Waals surface area contributed by atoms with Crippen molar-refractivity contribution < 1.29 is 43.1 Å². The average Bonchev–Trinajstić information content (AvgIpc) is 2.77. The molecule has 1 N–H and O–H groups in total. The Morgan fingerprint density at radius 3 is 1.29 bits per heavy atom. The van der Waals surface area contributed by atoms with Gasteiger partial charge in [0, 0.05) is 0 Å². The van der Waals surface area contributed by atoms with Crippen LogP contribution < -0.4 is 0 Å². The summed E-state index contributed by atoms with van der Waals surface area (Å²) < 4.78 is 37.6. The maximum Gasteiger partial charge on any atom is 0.305 e. The molecule has 0 bridgehead atoms. The molecule has 0 radical (unpaired) electrons. The summed E-state index contributed by atoms with van der Waals surface area (Å²) in [7, 11) is 0. The van der Waals surface area contributed by atoms with Gasteiger partial charge in [0.25, 0.3) is 0 Å². The van der Waals surface area contributed by atoms with Crippen LogP contribution in [0, 0.1) is 0 Å². The number of carbonyl (C=O) groups is 1. The minimum absolute atomic E-state index is 0.00688. The van der Waals surface area contributed by atoms with Gasteiger partial charge >= 0.3 is 5.97 Å². The summed E-state index contributed by atoms with van der Waals surface area (Å²) in [5, 5.41) is 8.45. The highest BCUT2D eigenvalue weighted by Crippen LogP contribution is 1.99. The molecule has 0 saturated heterocycles.